The fourth-order valence-corrected chi connectivity index (χ4v) is 2.92. The van der Waals surface area contributed by atoms with Crippen molar-refractivity contribution in [3.63, 3.8) is 0 Å². The Labute approximate surface area is 129 Å². The predicted molar refractivity (Wildman–Crippen MR) is 85.3 cm³/mol. The molecule has 0 bridgehead atoms. The van der Waals surface area contributed by atoms with Crippen molar-refractivity contribution in [3.8, 4) is 12.1 Å². The van der Waals surface area contributed by atoms with E-state index in [0.717, 1.165) is 10.8 Å². The van der Waals surface area contributed by atoms with Gasteiger partial charge in [0.05, 0.1) is 16.3 Å². The Bertz CT molecular complexity index is 1260. The molecule has 4 N–H and O–H groups in total. The molecule has 2 aromatic carbocycles. The molecule has 0 fully saturated rings. The number of pyridine rings is 1. The number of fused-ring (bicyclic) bond motifs is 2. The monoisotopic (exact) mass is 299 g/mol. The summed E-state index contributed by atoms with van der Waals surface area (Å²) in [7, 11) is 0. The van der Waals surface area contributed by atoms with Gasteiger partial charge < -0.3 is 15.1 Å². The zero-order valence-electron chi connectivity index (χ0n) is 11.8. The van der Waals surface area contributed by atoms with Gasteiger partial charge in [-0.3, -0.25) is 5.41 Å². The average molecular weight is 299 g/mol. The molecule has 0 saturated carbocycles. The minimum atomic E-state index is 0.0954. The largest absolute Gasteiger partial charge is 0.454 e. The van der Waals surface area contributed by atoms with Gasteiger partial charge in [-0.1, -0.05) is 18.2 Å². The summed E-state index contributed by atoms with van der Waals surface area (Å²) in [5.41, 5.74) is 7.60. The number of nitrogen functional groups attached to an aromatic ring is 1. The minimum Gasteiger partial charge on any atom is -0.454 e. The second-order valence-electron chi connectivity index (χ2n) is 5.16. The van der Waals surface area contributed by atoms with Crippen molar-refractivity contribution in [2.45, 2.75) is 0 Å². The van der Waals surface area contributed by atoms with Gasteiger partial charge in [0.2, 0.25) is 0 Å². The van der Waals surface area contributed by atoms with Gasteiger partial charge in [0.15, 0.2) is 5.58 Å². The number of nitrogens with zero attached hydrogens (tertiary/aromatic N) is 2. The zero-order chi connectivity index (χ0) is 16.1. The Kier molecular flexibility index (Phi) is 2.45. The molecule has 0 spiro atoms. The molecule has 0 atom stereocenters. The summed E-state index contributed by atoms with van der Waals surface area (Å²) < 4.78 is 5.90. The summed E-state index contributed by atoms with van der Waals surface area (Å²) in [6.07, 6.45) is 0. The van der Waals surface area contributed by atoms with Crippen LogP contribution in [-0.4, -0.2) is 4.98 Å². The second-order valence-corrected chi connectivity index (χ2v) is 5.16. The van der Waals surface area contributed by atoms with E-state index in [-0.39, 0.29) is 22.3 Å². The quantitative estimate of drug-likeness (QED) is 0.341. The third-order valence-electron chi connectivity index (χ3n) is 3.92. The fourth-order valence-electron chi connectivity index (χ4n) is 2.92. The Balaban J connectivity index is 2.49. The Morgan fingerprint density at radius 2 is 1.83 bits per heavy atom. The van der Waals surface area contributed by atoms with Crippen LogP contribution in [0.3, 0.4) is 0 Å². The third kappa shape index (κ3) is 1.57. The van der Waals surface area contributed by atoms with E-state index < -0.39 is 0 Å². The highest BCUT2D eigenvalue weighted by Crippen LogP contribution is 2.36. The van der Waals surface area contributed by atoms with Crippen LogP contribution >= 0.6 is 0 Å². The first-order valence-corrected chi connectivity index (χ1v) is 6.80. The van der Waals surface area contributed by atoms with Gasteiger partial charge in [0, 0.05) is 10.8 Å². The van der Waals surface area contributed by atoms with Gasteiger partial charge in [0.25, 0.3) is 0 Å². The van der Waals surface area contributed by atoms with Crippen LogP contribution in [-0.2, 0) is 0 Å². The summed E-state index contributed by atoms with van der Waals surface area (Å²) in [5, 5.41) is 29.1. The van der Waals surface area contributed by atoms with Crippen LogP contribution in [0.15, 0.2) is 34.7 Å². The minimum absolute atomic E-state index is 0.0954. The van der Waals surface area contributed by atoms with Crippen molar-refractivity contribution in [1.29, 1.82) is 15.9 Å². The lowest BCUT2D eigenvalue weighted by Gasteiger charge is -2.12. The van der Waals surface area contributed by atoms with Crippen molar-refractivity contribution in [1.82, 2.24) is 4.98 Å². The average Bonchev–Trinajstić information content (AvgIpc) is 2.55. The van der Waals surface area contributed by atoms with Crippen molar-refractivity contribution in [3.05, 3.63) is 46.8 Å². The van der Waals surface area contributed by atoms with Crippen molar-refractivity contribution >= 4 is 38.7 Å². The van der Waals surface area contributed by atoms with Crippen LogP contribution in [0, 0.1) is 28.1 Å². The summed E-state index contributed by atoms with van der Waals surface area (Å²) in [5.74, 6) is 0.113. The maximum atomic E-state index is 9.40. The summed E-state index contributed by atoms with van der Waals surface area (Å²) in [6.45, 7) is 0. The van der Waals surface area contributed by atoms with Crippen LogP contribution in [0.2, 0.25) is 0 Å². The van der Waals surface area contributed by atoms with Gasteiger partial charge in [-0.25, -0.2) is 0 Å². The van der Waals surface area contributed by atoms with Crippen LogP contribution in [0.25, 0.3) is 32.8 Å². The van der Waals surface area contributed by atoms with Crippen molar-refractivity contribution < 1.29 is 4.42 Å². The fraction of sp³-hybridized carbons (Fsp3) is 0. The van der Waals surface area contributed by atoms with Gasteiger partial charge in [-0.2, -0.15) is 10.5 Å². The summed E-state index contributed by atoms with van der Waals surface area (Å²) in [6, 6.07) is 13.0. The molecule has 23 heavy (non-hydrogen) atoms. The van der Waals surface area contributed by atoms with Crippen LogP contribution < -0.4 is 11.1 Å². The molecule has 0 aliphatic rings. The number of para-hydroxylation sites is 1. The molecule has 108 valence electrons. The highest BCUT2D eigenvalue weighted by atomic mass is 16.3. The van der Waals surface area contributed by atoms with E-state index in [1.807, 2.05) is 30.3 Å². The maximum absolute atomic E-state index is 9.40. The number of nitriles is 2. The number of rotatable bonds is 0. The number of nitrogens with one attached hydrogen (secondary N) is 2. The van der Waals surface area contributed by atoms with E-state index in [4.69, 9.17) is 15.6 Å². The number of nitrogens with two attached hydrogens (primary N) is 1. The van der Waals surface area contributed by atoms with Gasteiger partial charge >= 0.3 is 0 Å². The first-order valence-electron chi connectivity index (χ1n) is 6.80. The molecule has 0 saturated heterocycles. The van der Waals surface area contributed by atoms with E-state index in [2.05, 4.69) is 4.98 Å². The van der Waals surface area contributed by atoms with Gasteiger partial charge in [-0.15, -0.1) is 0 Å². The lowest BCUT2D eigenvalue weighted by atomic mass is 9.99. The summed E-state index contributed by atoms with van der Waals surface area (Å²) >= 11 is 0. The molecule has 4 aromatic rings. The standard InChI is InChI=1S/C17H9N5O/c18-6-10-12(20)5-9-8-3-1-2-4-13(8)23-16-11(7-19)17(21)22-15(10)14(9)16/h1-5,20,22H,21H2. The van der Waals surface area contributed by atoms with E-state index in [0.29, 0.717) is 22.1 Å². The maximum Gasteiger partial charge on any atom is 0.158 e. The molecular weight excluding hydrogens is 290 g/mol. The van der Waals surface area contributed by atoms with Crippen molar-refractivity contribution in [2.75, 3.05) is 5.73 Å². The van der Waals surface area contributed by atoms with Crippen LogP contribution in [0.5, 0.6) is 0 Å². The lowest BCUT2D eigenvalue weighted by Crippen LogP contribution is -2.09. The smallest absolute Gasteiger partial charge is 0.158 e. The highest BCUT2D eigenvalue weighted by molar-refractivity contribution is 6.19. The second kappa shape index (κ2) is 4.36. The molecular formula is C17H9N5O. The Hall–Kier alpha value is -3.77. The SMILES string of the molecule is N#Cc1c(=N)cc2c3ccccc3oc3c(C#N)c(N)[nH]c1c32. The number of benzene rings is 2. The molecule has 6 nitrogen and oxygen atoms in total. The molecule has 2 aromatic heterocycles. The lowest BCUT2D eigenvalue weighted by molar-refractivity contribution is 0.660. The number of hydrogen-bond donors (Lipinski definition) is 3. The Morgan fingerprint density at radius 3 is 2.57 bits per heavy atom. The highest BCUT2D eigenvalue weighted by Gasteiger charge is 2.19. The van der Waals surface area contributed by atoms with Gasteiger partial charge in [0.1, 0.15) is 34.7 Å². The first kappa shape index (κ1) is 12.9. The number of hydrogen-bond acceptors (Lipinski definition) is 5. The van der Waals surface area contributed by atoms with E-state index in [9.17, 15) is 10.5 Å². The number of aromatic nitrogens is 1. The molecule has 0 aliphatic heterocycles. The van der Waals surface area contributed by atoms with E-state index in [1.165, 1.54) is 0 Å². The zero-order valence-corrected chi connectivity index (χ0v) is 11.8. The molecule has 0 aliphatic carbocycles. The third-order valence-corrected chi connectivity index (χ3v) is 3.92. The van der Waals surface area contributed by atoms with Crippen LogP contribution in [0.4, 0.5) is 5.82 Å². The molecule has 6 heteroatoms. The molecule has 2 heterocycles. The van der Waals surface area contributed by atoms with E-state index >= 15 is 0 Å². The van der Waals surface area contributed by atoms with Crippen LogP contribution in [0.1, 0.15) is 11.1 Å². The van der Waals surface area contributed by atoms with Gasteiger partial charge in [-0.05, 0) is 12.1 Å². The topological polar surface area (TPSA) is 126 Å². The Morgan fingerprint density at radius 1 is 1.09 bits per heavy atom. The first-order chi connectivity index (χ1) is 11.2. The number of aromatic amines is 1. The number of H-pyrrole nitrogens is 1. The molecule has 0 radical (unpaired) electrons. The summed E-state index contributed by atoms with van der Waals surface area (Å²) in [4.78, 5) is 2.88. The molecule has 4 rings (SSSR count). The normalized spacial score (nSPS) is 10.9. The van der Waals surface area contributed by atoms with E-state index in [1.54, 1.807) is 12.1 Å². The molecule has 0 unspecified atom stereocenters. The number of anilines is 1. The predicted octanol–water partition coefficient (Wildman–Crippen LogP) is 2.87. The van der Waals surface area contributed by atoms with Crippen molar-refractivity contribution in [2.24, 2.45) is 0 Å². The molecule has 0 amide bonds.